The van der Waals surface area contributed by atoms with Crippen molar-refractivity contribution in [1.82, 2.24) is 0 Å². The van der Waals surface area contributed by atoms with Gasteiger partial charge in [-0.3, -0.25) is 0 Å². The fourth-order valence-electron chi connectivity index (χ4n) is 5.47. The number of aryl methyl sites for hydroxylation is 2. The Morgan fingerprint density at radius 1 is 0.930 bits per heavy atom. The largest absolute Gasteiger partial charge is 0.487 e. The highest BCUT2D eigenvalue weighted by Crippen LogP contribution is 2.43. The molecule has 1 amide bonds. The molecule has 3 rings (SSSR count). The molecule has 1 N–H and O–H groups in total. The van der Waals surface area contributed by atoms with E-state index in [0.29, 0.717) is 16.3 Å². The molecule has 0 bridgehead atoms. The lowest BCUT2D eigenvalue weighted by Gasteiger charge is -2.38. The normalized spacial score (nSPS) is 17.2. The predicted molar refractivity (Wildman–Crippen MR) is 177 cm³/mol. The van der Waals surface area contributed by atoms with Gasteiger partial charge in [-0.05, 0) is 142 Å². The van der Waals surface area contributed by atoms with Gasteiger partial charge in [-0.2, -0.15) is 4.31 Å². The molecule has 0 saturated carbocycles. The predicted octanol–water partition coefficient (Wildman–Crippen LogP) is 9.77. The van der Waals surface area contributed by atoms with Crippen LogP contribution in [0.5, 0.6) is 5.75 Å². The number of fused-ring (bicyclic) bond motifs is 1. The van der Waals surface area contributed by atoms with Crippen molar-refractivity contribution < 1.29 is 23.1 Å². The van der Waals surface area contributed by atoms with Gasteiger partial charge in [0.25, 0.3) is 10.0 Å². The van der Waals surface area contributed by atoms with E-state index in [0.717, 1.165) is 67.4 Å². The average Bonchev–Trinajstić information content (AvgIpc) is 2.92. The van der Waals surface area contributed by atoms with Crippen LogP contribution < -0.4 is 9.04 Å². The second-order valence-corrected chi connectivity index (χ2v) is 14.3. The van der Waals surface area contributed by atoms with E-state index in [1.807, 2.05) is 13.8 Å². The zero-order chi connectivity index (χ0) is 31.9. The molecule has 0 aromatic heterocycles. The first-order valence-corrected chi connectivity index (χ1v) is 16.7. The zero-order valence-corrected chi connectivity index (χ0v) is 28.0. The van der Waals surface area contributed by atoms with Crippen molar-refractivity contribution in [3.63, 3.8) is 0 Å². The lowest BCUT2D eigenvalue weighted by molar-refractivity contribution is 0.0562. The van der Waals surface area contributed by atoms with Crippen molar-refractivity contribution in [2.75, 3.05) is 4.31 Å². The van der Waals surface area contributed by atoms with Crippen molar-refractivity contribution in [3.05, 3.63) is 87.5 Å². The Morgan fingerprint density at radius 2 is 1.51 bits per heavy atom. The fourth-order valence-corrected chi connectivity index (χ4v) is 6.81. The van der Waals surface area contributed by atoms with Crippen molar-refractivity contribution in [3.8, 4) is 5.75 Å². The van der Waals surface area contributed by atoms with Gasteiger partial charge in [0.15, 0.2) is 0 Å². The number of ether oxygens (including phenoxy) is 1. The third kappa shape index (κ3) is 8.85. The SMILES string of the molecule is CC(C)=CCCC(C)=CCCC(C)=CCC[C@]1(C)CCc2cc(N(C(=O)O)S(=O)(=O)c3ccc(C)cc3)c(C)c(C)c2O1. The molecule has 6 nitrogen and oxygen atoms in total. The summed E-state index contributed by atoms with van der Waals surface area (Å²) in [6.07, 6.45) is 13.0. The van der Waals surface area contributed by atoms with Crippen molar-refractivity contribution in [2.45, 2.75) is 117 Å². The van der Waals surface area contributed by atoms with E-state index < -0.39 is 16.1 Å². The molecule has 1 aliphatic heterocycles. The molecule has 1 heterocycles. The molecule has 0 aliphatic carbocycles. The van der Waals surface area contributed by atoms with E-state index in [1.165, 1.54) is 28.9 Å². The molecule has 1 aliphatic rings. The number of carbonyl (C=O) groups is 1. The van der Waals surface area contributed by atoms with Crippen LogP contribution in [0, 0.1) is 20.8 Å². The van der Waals surface area contributed by atoms with Crippen LogP contribution in [-0.4, -0.2) is 25.2 Å². The van der Waals surface area contributed by atoms with Gasteiger partial charge < -0.3 is 9.84 Å². The number of benzene rings is 2. The minimum atomic E-state index is -4.32. The average molecular weight is 608 g/mol. The highest BCUT2D eigenvalue weighted by atomic mass is 32.2. The number of amides is 1. The number of sulfonamides is 1. The second kappa shape index (κ2) is 14.4. The van der Waals surface area contributed by atoms with Crippen LogP contribution >= 0.6 is 0 Å². The summed E-state index contributed by atoms with van der Waals surface area (Å²) in [5.41, 5.74) is 7.05. The summed E-state index contributed by atoms with van der Waals surface area (Å²) in [4.78, 5) is 12.3. The van der Waals surface area contributed by atoms with Crippen LogP contribution in [0.4, 0.5) is 10.5 Å². The molecule has 2 aromatic carbocycles. The van der Waals surface area contributed by atoms with Crippen LogP contribution in [-0.2, 0) is 16.4 Å². The van der Waals surface area contributed by atoms with Gasteiger partial charge in [-0.15, -0.1) is 0 Å². The molecule has 0 radical (unpaired) electrons. The van der Waals surface area contributed by atoms with Crippen molar-refractivity contribution in [2.24, 2.45) is 0 Å². The van der Waals surface area contributed by atoms with Crippen LogP contribution in [0.15, 0.2) is 70.2 Å². The number of hydrogen-bond donors (Lipinski definition) is 1. The maximum Gasteiger partial charge on any atom is 0.426 e. The lowest BCUT2D eigenvalue weighted by atomic mass is 9.86. The summed E-state index contributed by atoms with van der Waals surface area (Å²) in [6, 6.07) is 7.88. The van der Waals surface area contributed by atoms with Crippen LogP contribution in [0.1, 0.15) is 102 Å². The fraction of sp³-hybridized carbons (Fsp3) is 0.472. The maximum absolute atomic E-state index is 13.5. The van der Waals surface area contributed by atoms with Gasteiger partial charge in [-0.25, -0.2) is 13.2 Å². The topological polar surface area (TPSA) is 83.9 Å². The molecule has 7 heteroatoms. The number of nitrogens with zero attached hydrogens (tertiary/aromatic N) is 1. The van der Waals surface area contributed by atoms with E-state index in [1.54, 1.807) is 25.1 Å². The molecule has 1 atom stereocenters. The van der Waals surface area contributed by atoms with Gasteiger partial charge in [0.05, 0.1) is 10.6 Å². The maximum atomic E-state index is 13.5. The lowest BCUT2D eigenvalue weighted by Crippen LogP contribution is -2.38. The van der Waals surface area contributed by atoms with E-state index in [2.05, 4.69) is 52.8 Å². The molecular weight excluding hydrogens is 558 g/mol. The zero-order valence-electron chi connectivity index (χ0n) is 27.2. The smallest absolute Gasteiger partial charge is 0.426 e. The van der Waals surface area contributed by atoms with Crippen molar-refractivity contribution >= 4 is 21.8 Å². The molecule has 43 heavy (non-hydrogen) atoms. The van der Waals surface area contributed by atoms with Crippen LogP contribution in [0.3, 0.4) is 0 Å². The van der Waals surface area contributed by atoms with E-state index in [-0.39, 0.29) is 16.2 Å². The van der Waals surface area contributed by atoms with Gasteiger partial charge >= 0.3 is 6.09 Å². The third-order valence-corrected chi connectivity index (χ3v) is 10.1. The Labute approximate surface area is 259 Å². The number of allylic oxidation sites excluding steroid dienone is 6. The Hall–Kier alpha value is -3.32. The summed E-state index contributed by atoms with van der Waals surface area (Å²) in [7, 11) is -4.32. The minimum absolute atomic E-state index is 0.0620. The molecule has 0 saturated heterocycles. The molecular formula is C36H49NO5S. The summed E-state index contributed by atoms with van der Waals surface area (Å²) < 4.78 is 34.0. The molecule has 234 valence electrons. The standard InChI is InChI=1S/C36H49NO5S/c1-25(2)12-9-13-26(3)14-10-15-27(4)16-11-22-36(8)23-21-31-24-33(29(6)30(7)34(31)42-36)37(35(38)39)43(40,41)32-19-17-28(5)18-20-32/h12,14,16-20,24H,9-11,13,15,21-23H2,1-8H3,(H,38,39)/t36-/m1/s1. The van der Waals surface area contributed by atoms with Crippen LogP contribution in [0.25, 0.3) is 0 Å². The molecule has 0 spiro atoms. The van der Waals surface area contributed by atoms with Gasteiger partial charge in [0.2, 0.25) is 0 Å². The quantitative estimate of drug-likeness (QED) is 0.243. The van der Waals surface area contributed by atoms with Gasteiger partial charge in [0.1, 0.15) is 11.4 Å². The van der Waals surface area contributed by atoms with Crippen molar-refractivity contribution in [1.29, 1.82) is 0 Å². The second-order valence-electron chi connectivity index (χ2n) is 12.5. The van der Waals surface area contributed by atoms with Gasteiger partial charge in [0, 0.05) is 0 Å². The number of carboxylic acid groups (broad SMARTS) is 1. The summed E-state index contributed by atoms with van der Waals surface area (Å²) in [6.45, 7) is 16.3. The van der Waals surface area contributed by atoms with Gasteiger partial charge in [-0.1, -0.05) is 52.6 Å². The first-order chi connectivity index (χ1) is 20.1. The summed E-state index contributed by atoms with van der Waals surface area (Å²) in [5.74, 6) is 0.738. The molecule has 2 aromatic rings. The van der Waals surface area contributed by atoms with Crippen LogP contribution in [0.2, 0.25) is 0 Å². The monoisotopic (exact) mass is 607 g/mol. The number of anilines is 1. The third-order valence-electron chi connectivity index (χ3n) is 8.40. The highest BCUT2D eigenvalue weighted by molar-refractivity contribution is 7.93. The summed E-state index contributed by atoms with van der Waals surface area (Å²) in [5, 5.41) is 10.1. The Kier molecular flexibility index (Phi) is 11.5. The first kappa shape index (κ1) is 34.2. The molecule has 0 unspecified atom stereocenters. The molecule has 0 fully saturated rings. The number of rotatable bonds is 12. The highest BCUT2D eigenvalue weighted by Gasteiger charge is 2.37. The van der Waals surface area contributed by atoms with E-state index >= 15 is 0 Å². The van der Waals surface area contributed by atoms with E-state index in [4.69, 9.17) is 4.74 Å². The number of hydrogen-bond acceptors (Lipinski definition) is 4. The Balaban J connectivity index is 1.71. The van der Waals surface area contributed by atoms with E-state index in [9.17, 15) is 18.3 Å². The minimum Gasteiger partial charge on any atom is -0.487 e. The first-order valence-electron chi connectivity index (χ1n) is 15.3. The Bertz CT molecular complexity index is 1510. The Morgan fingerprint density at radius 3 is 2.09 bits per heavy atom. The summed E-state index contributed by atoms with van der Waals surface area (Å²) >= 11 is 0.